The van der Waals surface area contributed by atoms with Gasteiger partial charge in [-0.2, -0.15) is 9.78 Å². The van der Waals surface area contributed by atoms with Crippen LogP contribution in [-0.2, 0) is 6.54 Å². The second kappa shape index (κ2) is 8.00. The number of aromatic nitrogens is 3. The Hall–Kier alpha value is -2.89. The number of hydrogen-bond acceptors (Lipinski definition) is 3. The SMILES string of the molecule is CCn1cc(C(=O)NC2CCCCCC2)c2nn(-c3ccccc3)c(=O)c-2c1. The van der Waals surface area contributed by atoms with E-state index in [-0.39, 0.29) is 17.5 Å². The summed E-state index contributed by atoms with van der Waals surface area (Å²) in [7, 11) is 0. The van der Waals surface area contributed by atoms with Gasteiger partial charge in [-0.1, -0.05) is 43.9 Å². The zero-order valence-electron chi connectivity index (χ0n) is 16.2. The van der Waals surface area contributed by atoms with Crippen LogP contribution in [0, 0.1) is 0 Å². The minimum absolute atomic E-state index is 0.141. The molecule has 1 aliphatic carbocycles. The van der Waals surface area contributed by atoms with Crippen molar-refractivity contribution in [3.05, 3.63) is 58.6 Å². The minimum atomic E-state index is -0.201. The molecule has 1 aromatic rings. The molecule has 1 fully saturated rings. The number of amides is 1. The van der Waals surface area contributed by atoms with Crippen molar-refractivity contribution >= 4 is 5.91 Å². The van der Waals surface area contributed by atoms with E-state index >= 15 is 0 Å². The van der Waals surface area contributed by atoms with Crippen LogP contribution in [0.25, 0.3) is 16.9 Å². The topological polar surface area (TPSA) is 68.9 Å². The maximum atomic E-state index is 13.1. The summed E-state index contributed by atoms with van der Waals surface area (Å²) in [6.07, 6.45) is 10.4. The molecule has 0 unspecified atom stereocenters. The van der Waals surface area contributed by atoms with Gasteiger partial charge in [0.25, 0.3) is 11.5 Å². The molecule has 1 aromatic carbocycles. The van der Waals surface area contributed by atoms with E-state index in [2.05, 4.69) is 10.4 Å². The smallest absolute Gasteiger partial charge is 0.282 e. The second-order valence-corrected chi connectivity index (χ2v) is 7.48. The fourth-order valence-electron chi connectivity index (χ4n) is 3.94. The third-order valence-corrected chi connectivity index (χ3v) is 5.52. The van der Waals surface area contributed by atoms with Crippen LogP contribution in [0.5, 0.6) is 0 Å². The van der Waals surface area contributed by atoms with E-state index in [4.69, 9.17) is 0 Å². The number of nitrogens with one attached hydrogen (secondary N) is 1. The lowest BCUT2D eigenvalue weighted by Crippen LogP contribution is -2.35. The molecule has 0 aromatic heterocycles. The number of rotatable bonds is 4. The standard InChI is InChI=1S/C22H26N4O2/c1-2-25-14-18(21(27)23-16-10-6-3-4-7-11-16)20-19(15-25)22(28)26(24-20)17-12-8-5-9-13-17/h5,8-9,12-16H,2-4,6-7,10-11H2,1H3,(H,23,27). The van der Waals surface area contributed by atoms with Crippen LogP contribution in [0.1, 0.15) is 55.8 Å². The van der Waals surface area contributed by atoms with Crippen molar-refractivity contribution in [1.29, 1.82) is 0 Å². The molecule has 4 rings (SSSR count). The van der Waals surface area contributed by atoms with Crippen molar-refractivity contribution < 1.29 is 4.79 Å². The van der Waals surface area contributed by atoms with E-state index in [1.54, 1.807) is 12.4 Å². The maximum absolute atomic E-state index is 13.1. The highest BCUT2D eigenvalue weighted by atomic mass is 16.2. The lowest BCUT2D eigenvalue weighted by atomic mass is 10.1. The van der Waals surface area contributed by atoms with Crippen molar-refractivity contribution in [2.24, 2.45) is 0 Å². The molecule has 1 amide bonds. The first kappa shape index (κ1) is 18.5. The maximum Gasteiger partial charge on any atom is 0.282 e. The fourth-order valence-corrected chi connectivity index (χ4v) is 3.94. The Labute approximate surface area is 164 Å². The summed E-state index contributed by atoms with van der Waals surface area (Å²) in [5.74, 6) is -0.141. The van der Waals surface area contributed by atoms with E-state index in [1.165, 1.54) is 17.5 Å². The number of para-hydroxylation sites is 1. The largest absolute Gasteiger partial charge is 0.353 e. The van der Waals surface area contributed by atoms with Crippen molar-refractivity contribution in [3.63, 3.8) is 0 Å². The first-order valence-electron chi connectivity index (χ1n) is 10.2. The molecule has 1 saturated carbocycles. The predicted octanol–water partition coefficient (Wildman–Crippen LogP) is 3.61. The third-order valence-electron chi connectivity index (χ3n) is 5.52. The summed E-state index contributed by atoms with van der Waals surface area (Å²) in [5, 5.41) is 7.70. The van der Waals surface area contributed by atoms with E-state index in [0.29, 0.717) is 29.1 Å². The van der Waals surface area contributed by atoms with Crippen molar-refractivity contribution in [2.75, 3.05) is 0 Å². The predicted molar refractivity (Wildman–Crippen MR) is 109 cm³/mol. The summed E-state index contributed by atoms with van der Waals surface area (Å²) >= 11 is 0. The quantitative estimate of drug-likeness (QED) is 0.705. The first-order chi connectivity index (χ1) is 13.7. The van der Waals surface area contributed by atoms with E-state index in [0.717, 1.165) is 25.7 Å². The first-order valence-corrected chi connectivity index (χ1v) is 10.2. The van der Waals surface area contributed by atoms with Gasteiger partial charge in [0.2, 0.25) is 0 Å². The number of benzene rings is 1. The molecule has 2 heterocycles. The van der Waals surface area contributed by atoms with Crippen LogP contribution < -0.4 is 10.9 Å². The zero-order chi connectivity index (χ0) is 19.5. The zero-order valence-corrected chi connectivity index (χ0v) is 16.2. The molecule has 146 valence electrons. The summed E-state index contributed by atoms with van der Waals surface area (Å²) < 4.78 is 3.26. The summed E-state index contributed by atoms with van der Waals surface area (Å²) in [6.45, 7) is 2.67. The lowest BCUT2D eigenvalue weighted by Gasteiger charge is -2.17. The van der Waals surface area contributed by atoms with Gasteiger partial charge in [0.15, 0.2) is 0 Å². The third kappa shape index (κ3) is 3.59. The van der Waals surface area contributed by atoms with E-state index in [1.807, 2.05) is 41.8 Å². The highest BCUT2D eigenvalue weighted by Crippen LogP contribution is 2.23. The van der Waals surface area contributed by atoms with Gasteiger partial charge in [-0.25, -0.2) is 0 Å². The van der Waals surface area contributed by atoms with Crippen molar-refractivity contribution in [2.45, 2.75) is 58.0 Å². The summed E-state index contributed by atoms with van der Waals surface area (Å²) in [6, 6.07) is 9.51. The average molecular weight is 378 g/mol. The molecule has 0 radical (unpaired) electrons. The Morgan fingerprint density at radius 2 is 1.82 bits per heavy atom. The van der Waals surface area contributed by atoms with Crippen molar-refractivity contribution in [3.8, 4) is 16.9 Å². The molecule has 0 bridgehead atoms. The Balaban J connectivity index is 1.74. The number of carbonyl (C=O) groups is 1. The van der Waals surface area contributed by atoms with Gasteiger partial charge < -0.3 is 9.88 Å². The minimum Gasteiger partial charge on any atom is -0.353 e. The van der Waals surface area contributed by atoms with Gasteiger partial charge in [-0.15, -0.1) is 0 Å². The van der Waals surface area contributed by atoms with Crippen LogP contribution in [0.4, 0.5) is 0 Å². The Bertz CT molecular complexity index is 982. The molecule has 6 nitrogen and oxygen atoms in total. The fraction of sp³-hybridized carbons (Fsp3) is 0.409. The van der Waals surface area contributed by atoms with Gasteiger partial charge in [-0.3, -0.25) is 9.59 Å². The molecule has 28 heavy (non-hydrogen) atoms. The van der Waals surface area contributed by atoms with Crippen LogP contribution in [0.3, 0.4) is 0 Å². The molecule has 3 aliphatic rings. The molecular formula is C22H26N4O2. The van der Waals surface area contributed by atoms with Gasteiger partial charge in [0.1, 0.15) is 5.69 Å². The number of aryl methyl sites for hydroxylation is 1. The molecular weight excluding hydrogens is 352 g/mol. The van der Waals surface area contributed by atoms with Crippen molar-refractivity contribution in [1.82, 2.24) is 19.7 Å². The Kier molecular flexibility index (Phi) is 5.28. The van der Waals surface area contributed by atoms with Gasteiger partial charge >= 0.3 is 0 Å². The highest BCUT2D eigenvalue weighted by molar-refractivity contribution is 6.00. The molecule has 0 atom stereocenters. The van der Waals surface area contributed by atoms with E-state index in [9.17, 15) is 9.59 Å². The van der Waals surface area contributed by atoms with Gasteiger partial charge in [0, 0.05) is 25.0 Å². The highest BCUT2D eigenvalue weighted by Gasteiger charge is 2.25. The number of carbonyl (C=O) groups excluding carboxylic acids is 1. The molecule has 0 saturated heterocycles. The molecule has 6 heteroatoms. The van der Waals surface area contributed by atoms with Crippen LogP contribution in [0.2, 0.25) is 0 Å². The molecule has 2 aliphatic heterocycles. The number of hydrogen-bond donors (Lipinski definition) is 1. The number of fused-ring (bicyclic) bond motifs is 1. The monoisotopic (exact) mass is 378 g/mol. The Morgan fingerprint density at radius 1 is 1.11 bits per heavy atom. The number of nitrogens with zero attached hydrogens (tertiary/aromatic N) is 3. The van der Waals surface area contributed by atoms with Gasteiger partial charge in [0.05, 0.1) is 16.8 Å². The van der Waals surface area contributed by atoms with Crippen LogP contribution >= 0.6 is 0 Å². The summed E-state index contributed by atoms with van der Waals surface area (Å²) in [4.78, 5) is 26.1. The van der Waals surface area contributed by atoms with Crippen LogP contribution in [-0.4, -0.2) is 26.3 Å². The van der Waals surface area contributed by atoms with E-state index < -0.39 is 0 Å². The Morgan fingerprint density at radius 3 is 2.50 bits per heavy atom. The molecule has 1 N–H and O–H groups in total. The number of pyridine rings is 1. The average Bonchev–Trinajstić information content (AvgIpc) is 2.89. The van der Waals surface area contributed by atoms with Crippen LogP contribution in [0.15, 0.2) is 47.5 Å². The lowest BCUT2D eigenvalue weighted by molar-refractivity contribution is 0.0933. The summed E-state index contributed by atoms with van der Waals surface area (Å²) in [5.41, 5.74) is 1.90. The van der Waals surface area contributed by atoms with Gasteiger partial charge in [-0.05, 0) is 31.9 Å². The second-order valence-electron chi connectivity index (χ2n) is 7.48. The molecule has 0 spiro atoms. The normalized spacial score (nSPS) is 15.5.